The van der Waals surface area contributed by atoms with Crippen LogP contribution in [0, 0.1) is 0 Å². The minimum atomic E-state index is 0.670. The molecule has 0 amide bonds. The molecule has 0 unspecified atom stereocenters. The van der Waals surface area contributed by atoms with Gasteiger partial charge in [0.05, 0.1) is 11.1 Å². The molecule has 0 radical (unpaired) electrons. The molecule has 0 atom stereocenters. The highest BCUT2D eigenvalue weighted by Gasteiger charge is 2.11. The second-order valence-corrected chi connectivity index (χ2v) is 4.29. The van der Waals surface area contributed by atoms with E-state index in [-0.39, 0.29) is 0 Å². The van der Waals surface area contributed by atoms with Crippen molar-refractivity contribution in [1.82, 2.24) is 4.98 Å². The molecule has 1 heterocycles. The fraction of sp³-hybridized carbons (Fsp3) is 0.333. The second kappa shape index (κ2) is 5.63. The van der Waals surface area contributed by atoms with Crippen LogP contribution in [0.1, 0.15) is 30.6 Å². The summed E-state index contributed by atoms with van der Waals surface area (Å²) in [5, 5.41) is 1.01. The highest BCUT2D eigenvalue weighted by atomic mass is 16.1. The van der Waals surface area contributed by atoms with E-state index in [0.29, 0.717) is 5.56 Å². The number of carbonyl (C=O) groups is 1. The van der Waals surface area contributed by atoms with Crippen molar-refractivity contribution in [2.75, 3.05) is 18.0 Å². The van der Waals surface area contributed by atoms with E-state index >= 15 is 0 Å². The number of aldehydes is 1. The minimum Gasteiger partial charge on any atom is -0.356 e. The first-order valence-electron chi connectivity index (χ1n) is 6.40. The SMILES string of the molecule is CCCN(CC)c1nc2ccccc2cc1C=O. The first-order valence-corrected chi connectivity index (χ1v) is 6.40. The Morgan fingerprint density at radius 3 is 2.72 bits per heavy atom. The highest BCUT2D eigenvalue weighted by Crippen LogP contribution is 2.22. The molecule has 3 nitrogen and oxygen atoms in total. The van der Waals surface area contributed by atoms with Crippen LogP contribution in [-0.2, 0) is 0 Å². The summed E-state index contributed by atoms with van der Waals surface area (Å²) in [4.78, 5) is 18.0. The van der Waals surface area contributed by atoms with Gasteiger partial charge in [-0.1, -0.05) is 25.1 Å². The summed E-state index contributed by atoms with van der Waals surface area (Å²) in [6, 6.07) is 9.81. The first-order chi connectivity index (χ1) is 8.80. The topological polar surface area (TPSA) is 33.2 Å². The van der Waals surface area contributed by atoms with Crippen molar-refractivity contribution in [3.8, 4) is 0 Å². The number of hydrogen-bond acceptors (Lipinski definition) is 3. The van der Waals surface area contributed by atoms with Crippen molar-refractivity contribution in [2.45, 2.75) is 20.3 Å². The number of hydrogen-bond donors (Lipinski definition) is 0. The maximum atomic E-state index is 11.2. The summed E-state index contributed by atoms with van der Waals surface area (Å²) in [6.45, 7) is 5.99. The lowest BCUT2D eigenvalue weighted by atomic mass is 10.1. The molecular formula is C15H18N2O. The molecule has 0 saturated heterocycles. The molecule has 0 aliphatic carbocycles. The predicted octanol–water partition coefficient (Wildman–Crippen LogP) is 3.28. The van der Waals surface area contributed by atoms with Gasteiger partial charge in [-0.15, -0.1) is 0 Å². The summed E-state index contributed by atoms with van der Waals surface area (Å²) in [5.74, 6) is 0.799. The van der Waals surface area contributed by atoms with Gasteiger partial charge in [0.25, 0.3) is 0 Å². The average Bonchev–Trinajstić information content (AvgIpc) is 2.43. The summed E-state index contributed by atoms with van der Waals surface area (Å²) >= 11 is 0. The van der Waals surface area contributed by atoms with E-state index in [1.165, 1.54) is 0 Å². The van der Waals surface area contributed by atoms with Gasteiger partial charge in [-0.2, -0.15) is 0 Å². The summed E-state index contributed by atoms with van der Waals surface area (Å²) in [6.07, 6.45) is 1.94. The Kier molecular flexibility index (Phi) is 3.92. The van der Waals surface area contributed by atoms with Crippen LogP contribution in [0.2, 0.25) is 0 Å². The van der Waals surface area contributed by atoms with Crippen LogP contribution in [0.5, 0.6) is 0 Å². The Balaban J connectivity index is 2.56. The van der Waals surface area contributed by atoms with Crippen LogP contribution in [-0.4, -0.2) is 24.4 Å². The molecule has 18 heavy (non-hydrogen) atoms. The van der Waals surface area contributed by atoms with E-state index in [2.05, 4.69) is 23.7 Å². The largest absolute Gasteiger partial charge is 0.356 e. The number of anilines is 1. The van der Waals surface area contributed by atoms with E-state index < -0.39 is 0 Å². The molecule has 0 aliphatic rings. The Hall–Kier alpha value is -1.90. The van der Waals surface area contributed by atoms with Gasteiger partial charge in [-0.3, -0.25) is 4.79 Å². The van der Waals surface area contributed by atoms with Gasteiger partial charge in [0.2, 0.25) is 0 Å². The zero-order valence-corrected chi connectivity index (χ0v) is 10.9. The fourth-order valence-electron chi connectivity index (χ4n) is 2.15. The maximum absolute atomic E-state index is 11.2. The smallest absolute Gasteiger partial charge is 0.153 e. The van der Waals surface area contributed by atoms with Gasteiger partial charge >= 0.3 is 0 Å². The Bertz CT molecular complexity index is 551. The molecule has 0 saturated carbocycles. The normalized spacial score (nSPS) is 10.6. The van der Waals surface area contributed by atoms with E-state index in [1.54, 1.807) is 0 Å². The van der Waals surface area contributed by atoms with Gasteiger partial charge in [-0.25, -0.2) is 4.98 Å². The molecule has 0 fully saturated rings. The van der Waals surface area contributed by atoms with Crippen LogP contribution < -0.4 is 4.90 Å². The third-order valence-electron chi connectivity index (χ3n) is 3.03. The second-order valence-electron chi connectivity index (χ2n) is 4.29. The number of aromatic nitrogens is 1. The number of fused-ring (bicyclic) bond motifs is 1. The summed E-state index contributed by atoms with van der Waals surface area (Å²) in [7, 11) is 0. The standard InChI is InChI=1S/C15H18N2O/c1-3-9-17(4-2)15-13(11-18)10-12-7-5-6-8-14(12)16-15/h5-8,10-11H,3-4,9H2,1-2H3. The van der Waals surface area contributed by atoms with E-state index in [0.717, 1.165) is 42.5 Å². The summed E-state index contributed by atoms with van der Waals surface area (Å²) < 4.78 is 0. The van der Waals surface area contributed by atoms with Crippen molar-refractivity contribution in [2.24, 2.45) is 0 Å². The Morgan fingerprint density at radius 2 is 2.06 bits per heavy atom. The molecule has 0 aliphatic heterocycles. The van der Waals surface area contributed by atoms with Crippen LogP contribution >= 0.6 is 0 Å². The van der Waals surface area contributed by atoms with Crippen molar-refractivity contribution in [3.63, 3.8) is 0 Å². The Morgan fingerprint density at radius 1 is 1.28 bits per heavy atom. The monoisotopic (exact) mass is 242 g/mol. The molecule has 1 aromatic heterocycles. The van der Waals surface area contributed by atoms with Crippen LogP contribution in [0.4, 0.5) is 5.82 Å². The molecule has 0 bridgehead atoms. The van der Waals surface area contributed by atoms with Crippen molar-refractivity contribution in [1.29, 1.82) is 0 Å². The van der Waals surface area contributed by atoms with Gasteiger partial charge in [-0.05, 0) is 25.5 Å². The van der Waals surface area contributed by atoms with Gasteiger partial charge in [0.15, 0.2) is 6.29 Å². The zero-order valence-electron chi connectivity index (χ0n) is 10.9. The molecule has 0 N–H and O–H groups in total. The first kappa shape index (κ1) is 12.6. The van der Waals surface area contributed by atoms with E-state index in [9.17, 15) is 4.79 Å². The van der Waals surface area contributed by atoms with E-state index in [1.807, 2.05) is 30.3 Å². The van der Waals surface area contributed by atoms with Gasteiger partial charge in [0, 0.05) is 18.5 Å². The zero-order chi connectivity index (χ0) is 13.0. The lowest BCUT2D eigenvalue weighted by Gasteiger charge is -2.23. The molecule has 2 rings (SSSR count). The fourth-order valence-corrected chi connectivity index (χ4v) is 2.15. The van der Waals surface area contributed by atoms with E-state index in [4.69, 9.17) is 0 Å². The highest BCUT2D eigenvalue weighted by molar-refractivity contribution is 5.91. The third kappa shape index (κ3) is 2.35. The summed E-state index contributed by atoms with van der Waals surface area (Å²) in [5.41, 5.74) is 1.61. The van der Waals surface area contributed by atoms with Crippen LogP contribution in [0.25, 0.3) is 10.9 Å². The number of pyridine rings is 1. The molecular weight excluding hydrogens is 224 g/mol. The van der Waals surface area contributed by atoms with Crippen LogP contribution in [0.3, 0.4) is 0 Å². The van der Waals surface area contributed by atoms with Crippen molar-refractivity contribution < 1.29 is 4.79 Å². The van der Waals surface area contributed by atoms with Crippen LogP contribution in [0.15, 0.2) is 30.3 Å². The predicted molar refractivity (Wildman–Crippen MR) is 75.3 cm³/mol. The molecule has 1 aromatic carbocycles. The van der Waals surface area contributed by atoms with Gasteiger partial charge < -0.3 is 4.90 Å². The molecule has 94 valence electrons. The molecule has 2 aromatic rings. The number of rotatable bonds is 5. The number of para-hydroxylation sites is 1. The van der Waals surface area contributed by atoms with Gasteiger partial charge in [0.1, 0.15) is 5.82 Å². The molecule has 3 heteroatoms. The maximum Gasteiger partial charge on any atom is 0.153 e. The van der Waals surface area contributed by atoms with Crippen molar-refractivity contribution >= 4 is 23.0 Å². The molecule has 0 spiro atoms. The number of benzene rings is 1. The number of nitrogens with zero attached hydrogens (tertiary/aromatic N) is 2. The Labute approximate surface area is 107 Å². The van der Waals surface area contributed by atoms with Crippen molar-refractivity contribution in [3.05, 3.63) is 35.9 Å². The quantitative estimate of drug-likeness (QED) is 0.754. The minimum absolute atomic E-state index is 0.670. The lowest BCUT2D eigenvalue weighted by molar-refractivity contribution is 0.112. The lowest BCUT2D eigenvalue weighted by Crippen LogP contribution is -2.25. The number of carbonyl (C=O) groups excluding carboxylic acids is 1. The third-order valence-corrected chi connectivity index (χ3v) is 3.03. The average molecular weight is 242 g/mol.